The lowest BCUT2D eigenvalue weighted by Crippen LogP contribution is -2.21. The smallest absolute Gasteiger partial charge is 0.263 e. The van der Waals surface area contributed by atoms with E-state index in [1.807, 2.05) is 26.0 Å². The second-order valence-electron chi connectivity index (χ2n) is 7.03. The minimum absolute atomic E-state index is 0.217. The number of anilines is 2. The fourth-order valence-corrected chi connectivity index (χ4v) is 3.37. The molecule has 3 N–H and O–H groups in total. The van der Waals surface area contributed by atoms with E-state index in [2.05, 4.69) is 20.2 Å². The number of ether oxygens (including phenoxy) is 2. The molecule has 0 spiro atoms. The number of benzene rings is 1. The zero-order valence-electron chi connectivity index (χ0n) is 16.8. The highest BCUT2D eigenvalue weighted by atomic mass is 16.5. The van der Waals surface area contributed by atoms with E-state index in [0.29, 0.717) is 22.6 Å². The van der Waals surface area contributed by atoms with Gasteiger partial charge in [0, 0.05) is 11.8 Å². The van der Waals surface area contributed by atoms with Gasteiger partial charge in [-0.1, -0.05) is 23.3 Å². The molecule has 152 valence electrons. The lowest BCUT2D eigenvalue weighted by atomic mass is 10.1. The summed E-state index contributed by atoms with van der Waals surface area (Å²) < 4.78 is 13.3. The third-order valence-corrected chi connectivity index (χ3v) is 4.82. The van der Waals surface area contributed by atoms with Crippen molar-refractivity contribution in [2.24, 2.45) is 7.05 Å². The van der Waals surface area contributed by atoms with Crippen molar-refractivity contribution in [2.75, 3.05) is 17.7 Å². The summed E-state index contributed by atoms with van der Waals surface area (Å²) >= 11 is 0. The second-order valence-corrected chi connectivity index (χ2v) is 7.03. The fourth-order valence-electron chi connectivity index (χ4n) is 3.37. The Kier molecular flexibility index (Phi) is 4.75. The third kappa shape index (κ3) is 3.39. The maximum Gasteiger partial charge on any atom is 0.263 e. The Balaban J connectivity index is 1.90. The predicted octanol–water partition coefficient (Wildman–Crippen LogP) is 3.39. The van der Waals surface area contributed by atoms with Gasteiger partial charge in [0.15, 0.2) is 24.0 Å². The van der Waals surface area contributed by atoms with Gasteiger partial charge in [0.1, 0.15) is 11.9 Å². The molecule has 9 nitrogen and oxygen atoms in total. The number of amides is 1. The standard InChI is InChI=1S/C21H20N6O3/c1-11-5-6-15-14(7-11)12(2)30-16-8-13(9-24-19(16)22)18-20(25-17(28)10-29-15)26-27(4)21(18)23-3/h5-9,12H,10H2,1-2,4H3,(H2,22,24)(H,25,26,28)/t12-/m0/s1. The van der Waals surface area contributed by atoms with Crippen molar-refractivity contribution < 1.29 is 14.3 Å². The molecule has 0 aliphatic carbocycles. The molecule has 2 aromatic heterocycles. The maximum absolute atomic E-state index is 12.6. The minimum Gasteiger partial charge on any atom is -0.483 e. The SMILES string of the molecule is [C-]#[N+]c1c2c(nn1C)NC(=O)COc1ccc(C)cc1[C@H](C)Oc1cc-2cnc1N. The molecule has 0 saturated carbocycles. The van der Waals surface area contributed by atoms with Gasteiger partial charge in [0.25, 0.3) is 11.7 Å². The Morgan fingerprint density at radius 2 is 2.13 bits per heavy atom. The van der Waals surface area contributed by atoms with Crippen molar-refractivity contribution >= 4 is 23.4 Å². The van der Waals surface area contributed by atoms with Gasteiger partial charge in [-0.15, -0.1) is 0 Å². The van der Waals surface area contributed by atoms with Crippen molar-refractivity contribution in [1.82, 2.24) is 14.8 Å². The summed E-state index contributed by atoms with van der Waals surface area (Å²) in [7, 11) is 1.63. The van der Waals surface area contributed by atoms with Gasteiger partial charge < -0.3 is 25.4 Å². The molecule has 3 heterocycles. The minimum atomic E-state index is -0.420. The average molecular weight is 404 g/mol. The number of hydrogen-bond donors (Lipinski definition) is 2. The first kappa shape index (κ1) is 19.3. The maximum atomic E-state index is 12.6. The van der Waals surface area contributed by atoms with Crippen LogP contribution in [0.2, 0.25) is 0 Å². The first-order valence-electron chi connectivity index (χ1n) is 9.27. The number of fused-ring (bicyclic) bond motifs is 5. The number of rotatable bonds is 0. The molecule has 0 radical (unpaired) electrons. The van der Waals surface area contributed by atoms with E-state index >= 15 is 0 Å². The molecular weight excluding hydrogens is 384 g/mol. The van der Waals surface area contributed by atoms with E-state index < -0.39 is 12.0 Å². The summed E-state index contributed by atoms with van der Waals surface area (Å²) in [6.07, 6.45) is 1.11. The largest absolute Gasteiger partial charge is 0.483 e. The van der Waals surface area contributed by atoms with Gasteiger partial charge in [-0.3, -0.25) is 4.79 Å². The number of aromatic nitrogens is 3. The molecule has 1 amide bonds. The summed E-state index contributed by atoms with van der Waals surface area (Å²) in [5.41, 5.74) is 8.87. The quantitative estimate of drug-likeness (QED) is 0.556. The van der Waals surface area contributed by atoms with Crippen LogP contribution in [0.5, 0.6) is 11.5 Å². The highest BCUT2D eigenvalue weighted by Gasteiger charge is 2.24. The number of pyridine rings is 1. The van der Waals surface area contributed by atoms with Crippen LogP contribution in [0, 0.1) is 13.5 Å². The van der Waals surface area contributed by atoms with E-state index in [-0.39, 0.29) is 24.1 Å². The lowest BCUT2D eigenvalue weighted by molar-refractivity contribution is -0.118. The molecule has 30 heavy (non-hydrogen) atoms. The van der Waals surface area contributed by atoms with Crippen molar-refractivity contribution in [3.8, 4) is 22.6 Å². The molecule has 3 aromatic rings. The van der Waals surface area contributed by atoms with Crippen LogP contribution in [-0.2, 0) is 11.8 Å². The summed E-state index contributed by atoms with van der Waals surface area (Å²) in [5, 5.41) is 7.02. The van der Waals surface area contributed by atoms with Crippen LogP contribution in [0.15, 0.2) is 30.5 Å². The molecule has 1 aliphatic heterocycles. The molecule has 1 atom stereocenters. The third-order valence-electron chi connectivity index (χ3n) is 4.82. The van der Waals surface area contributed by atoms with Crippen molar-refractivity contribution in [3.05, 3.63) is 53.0 Å². The van der Waals surface area contributed by atoms with Crippen LogP contribution < -0.4 is 20.5 Å². The molecule has 0 unspecified atom stereocenters. The highest BCUT2D eigenvalue weighted by molar-refractivity contribution is 5.98. The number of nitrogens with one attached hydrogen (secondary N) is 1. The molecule has 1 aromatic carbocycles. The molecule has 2 bridgehead atoms. The Morgan fingerprint density at radius 3 is 2.90 bits per heavy atom. The zero-order valence-corrected chi connectivity index (χ0v) is 16.8. The first-order chi connectivity index (χ1) is 14.4. The van der Waals surface area contributed by atoms with Crippen LogP contribution in [-0.4, -0.2) is 27.3 Å². The van der Waals surface area contributed by atoms with Crippen LogP contribution in [0.3, 0.4) is 0 Å². The Labute approximate surface area is 173 Å². The average Bonchev–Trinajstić information content (AvgIpc) is 3.02. The summed E-state index contributed by atoms with van der Waals surface area (Å²) in [6, 6.07) is 7.35. The van der Waals surface area contributed by atoms with Crippen LogP contribution >= 0.6 is 0 Å². The number of carbonyl (C=O) groups is 1. The van der Waals surface area contributed by atoms with Crippen LogP contribution in [0.1, 0.15) is 24.2 Å². The Bertz CT molecular complexity index is 1190. The number of aryl methyl sites for hydroxylation is 2. The Hall–Kier alpha value is -4.06. The Morgan fingerprint density at radius 1 is 1.33 bits per heavy atom. The van der Waals surface area contributed by atoms with E-state index in [0.717, 1.165) is 11.1 Å². The van der Waals surface area contributed by atoms with Crippen LogP contribution in [0.25, 0.3) is 16.0 Å². The van der Waals surface area contributed by atoms with Gasteiger partial charge in [0.2, 0.25) is 0 Å². The molecule has 4 rings (SSSR count). The topological polar surface area (TPSA) is 109 Å². The van der Waals surface area contributed by atoms with Crippen molar-refractivity contribution in [3.63, 3.8) is 0 Å². The predicted molar refractivity (Wildman–Crippen MR) is 111 cm³/mol. The van der Waals surface area contributed by atoms with E-state index in [4.69, 9.17) is 21.8 Å². The number of hydrogen-bond acceptors (Lipinski definition) is 6. The van der Waals surface area contributed by atoms with E-state index in [1.54, 1.807) is 19.2 Å². The summed E-state index contributed by atoms with van der Waals surface area (Å²) in [6.45, 7) is 11.1. The fraction of sp³-hybridized carbons (Fsp3) is 0.238. The molecule has 9 heteroatoms. The van der Waals surface area contributed by atoms with Crippen molar-refractivity contribution in [2.45, 2.75) is 20.0 Å². The van der Waals surface area contributed by atoms with Crippen LogP contribution in [0.4, 0.5) is 17.5 Å². The molecule has 1 aliphatic rings. The van der Waals surface area contributed by atoms with Crippen molar-refractivity contribution in [1.29, 1.82) is 0 Å². The van der Waals surface area contributed by atoms with Gasteiger partial charge in [-0.05, 0) is 37.6 Å². The monoisotopic (exact) mass is 404 g/mol. The summed E-state index contributed by atoms with van der Waals surface area (Å²) in [4.78, 5) is 20.4. The number of nitrogens with two attached hydrogens (primary N) is 1. The molecule has 0 fully saturated rings. The highest BCUT2D eigenvalue weighted by Crippen LogP contribution is 2.40. The molecule has 0 saturated heterocycles. The van der Waals surface area contributed by atoms with Gasteiger partial charge >= 0.3 is 0 Å². The summed E-state index contributed by atoms with van der Waals surface area (Å²) in [5.74, 6) is 1.22. The van der Waals surface area contributed by atoms with Gasteiger partial charge in [-0.25, -0.2) is 4.98 Å². The number of nitrogen functional groups attached to an aromatic ring is 1. The number of carbonyl (C=O) groups excluding carboxylic acids is 1. The van der Waals surface area contributed by atoms with E-state index in [1.165, 1.54) is 10.9 Å². The second kappa shape index (κ2) is 7.40. The van der Waals surface area contributed by atoms with E-state index in [9.17, 15) is 4.79 Å². The zero-order chi connectivity index (χ0) is 21.4. The van der Waals surface area contributed by atoms with Gasteiger partial charge in [-0.2, -0.15) is 4.68 Å². The molecular formula is C21H20N6O3. The number of nitrogens with zero attached hydrogens (tertiary/aromatic N) is 4. The van der Waals surface area contributed by atoms with Gasteiger partial charge in [0.05, 0.1) is 12.6 Å². The normalized spacial score (nSPS) is 15.7. The lowest BCUT2D eigenvalue weighted by Gasteiger charge is -2.20. The first-order valence-corrected chi connectivity index (χ1v) is 9.27.